The lowest BCUT2D eigenvalue weighted by molar-refractivity contribution is -0.139. The Kier molecular flexibility index (Phi) is 4.46. The summed E-state index contributed by atoms with van der Waals surface area (Å²) in [7, 11) is -3.95. The highest BCUT2D eigenvalue weighted by Gasteiger charge is 2.26. The van der Waals surface area contributed by atoms with E-state index in [4.69, 9.17) is 37.5 Å². The van der Waals surface area contributed by atoms with Gasteiger partial charge in [0.1, 0.15) is 10.8 Å². The van der Waals surface area contributed by atoms with Crippen LogP contribution >= 0.6 is 23.2 Å². The molecule has 0 unspecified atom stereocenters. The molecule has 112 valence electrons. The number of sulfone groups is 1. The lowest BCUT2D eigenvalue weighted by atomic mass is 10.3. The molecule has 0 saturated heterocycles. The van der Waals surface area contributed by atoms with E-state index in [1.165, 1.54) is 30.5 Å². The van der Waals surface area contributed by atoms with Crippen molar-refractivity contribution in [3.8, 4) is 5.75 Å². The van der Waals surface area contributed by atoms with Gasteiger partial charge in [0.05, 0.1) is 16.2 Å². The molecule has 0 atom stereocenters. The Balaban J connectivity index is 2.44. The molecule has 1 aromatic carbocycles. The van der Waals surface area contributed by atoms with Gasteiger partial charge in [-0.1, -0.05) is 23.2 Å². The van der Waals surface area contributed by atoms with E-state index in [-0.39, 0.29) is 25.8 Å². The second kappa shape index (κ2) is 5.97. The molecule has 0 radical (unpaired) electrons. The SMILES string of the molecule is O=C(O)COc1ccc(S(=O)(=O)c2ccco2)c(Cl)c1Cl. The van der Waals surface area contributed by atoms with Crippen molar-refractivity contribution >= 4 is 39.0 Å². The minimum atomic E-state index is -3.95. The Morgan fingerprint density at radius 3 is 2.52 bits per heavy atom. The standard InChI is InChI=1S/C12H8Cl2O6S/c13-11-7(20-6-9(15)16)3-4-8(12(11)14)21(17,18)10-2-1-5-19-10/h1-5H,6H2,(H,15,16). The molecule has 21 heavy (non-hydrogen) atoms. The fraction of sp³-hybridized carbons (Fsp3) is 0.0833. The summed E-state index contributed by atoms with van der Waals surface area (Å²) in [6, 6.07) is 5.09. The largest absolute Gasteiger partial charge is 0.480 e. The molecule has 1 aromatic heterocycles. The molecule has 0 saturated carbocycles. The summed E-state index contributed by atoms with van der Waals surface area (Å²) < 4.78 is 34.3. The van der Waals surface area contributed by atoms with Crippen LogP contribution in [0, 0.1) is 0 Å². The minimum Gasteiger partial charge on any atom is -0.480 e. The van der Waals surface area contributed by atoms with Crippen LogP contribution < -0.4 is 4.74 Å². The maximum Gasteiger partial charge on any atom is 0.341 e. The van der Waals surface area contributed by atoms with E-state index < -0.39 is 22.4 Å². The highest BCUT2D eigenvalue weighted by atomic mass is 35.5. The Morgan fingerprint density at radius 1 is 1.24 bits per heavy atom. The first kappa shape index (κ1) is 15.7. The molecule has 6 nitrogen and oxygen atoms in total. The van der Waals surface area contributed by atoms with Crippen LogP contribution in [0.15, 0.2) is 44.9 Å². The zero-order valence-corrected chi connectivity index (χ0v) is 12.6. The van der Waals surface area contributed by atoms with E-state index in [1.807, 2.05) is 0 Å². The van der Waals surface area contributed by atoms with Crippen molar-refractivity contribution in [3.05, 3.63) is 40.6 Å². The number of ether oxygens (including phenoxy) is 1. The lowest BCUT2D eigenvalue weighted by Crippen LogP contribution is -2.10. The molecule has 9 heteroatoms. The van der Waals surface area contributed by atoms with Crippen molar-refractivity contribution in [1.82, 2.24) is 0 Å². The zero-order valence-electron chi connectivity index (χ0n) is 10.2. The Morgan fingerprint density at radius 2 is 1.95 bits per heavy atom. The molecule has 1 N–H and O–H groups in total. The topological polar surface area (TPSA) is 93.8 Å². The first-order valence-corrected chi connectivity index (χ1v) is 7.69. The third-order valence-corrected chi connectivity index (χ3v) is 5.07. The van der Waals surface area contributed by atoms with E-state index in [2.05, 4.69) is 0 Å². The van der Waals surface area contributed by atoms with Crippen LogP contribution in [0.4, 0.5) is 0 Å². The van der Waals surface area contributed by atoms with Crippen molar-refractivity contribution in [3.63, 3.8) is 0 Å². The number of hydrogen-bond donors (Lipinski definition) is 1. The highest BCUT2D eigenvalue weighted by Crippen LogP contribution is 2.38. The fourth-order valence-electron chi connectivity index (χ4n) is 1.50. The number of furan rings is 1. The minimum absolute atomic E-state index is 0.0255. The third kappa shape index (κ3) is 3.15. The molecule has 0 aliphatic carbocycles. The maximum atomic E-state index is 12.3. The summed E-state index contributed by atoms with van der Waals surface area (Å²) in [5.41, 5.74) is 0. The van der Waals surface area contributed by atoms with Gasteiger partial charge in [-0.2, -0.15) is 0 Å². The molecule has 0 fully saturated rings. The van der Waals surface area contributed by atoms with Gasteiger partial charge in [-0.3, -0.25) is 0 Å². The quantitative estimate of drug-likeness (QED) is 0.890. The van der Waals surface area contributed by atoms with E-state index in [0.29, 0.717) is 0 Å². The number of carboxylic acids is 1. The zero-order chi connectivity index (χ0) is 15.6. The van der Waals surface area contributed by atoms with Crippen LogP contribution in [0.1, 0.15) is 0 Å². The molecule has 2 aromatic rings. The van der Waals surface area contributed by atoms with Gasteiger partial charge in [-0.05, 0) is 24.3 Å². The lowest BCUT2D eigenvalue weighted by Gasteiger charge is -2.10. The Bertz CT molecular complexity index is 767. The van der Waals surface area contributed by atoms with E-state index >= 15 is 0 Å². The van der Waals surface area contributed by atoms with Crippen molar-refractivity contribution in [1.29, 1.82) is 0 Å². The maximum absolute atomic E-state index is 12.3. The number of carboxylic acid groups (broad SMARTS) is 1. The normalized spacial score (nSPS) is 11.3. The van der Waals surface area contributed by atoms with Crippen LogP contribution in [0.25, 0.3) is 0 Å². The van der Waals surface area contributed by atoms with E-state index in [1.54, 1.807) is 0 Å². The summed E-state index contributed by atoms with van der Waals surface area (Å²) in [6.07, 6.45) is 1.22. The van der Waals surface area contributed by atoms with Crippen LogP contribution in [0.2, 0.25) is 10.0 Å². The molecule has 1 heterocycles. The van der Waals surface area contributed by atoms with Gasteiger partial charge < -0.3 is 14.3 Å². The van der Waals surface area contributed by atoms with Crippen molar-refractivity contribution in [2.75, 3.05) is 6.61 Å². The molecular formula is C12H8Cl2O6S. The second-order valence-corrected chi connectivity index (χ2v) is 6.41. The summed E-state index contributed by atoms with van der Waals surface area (Å²) in [6.45, 7) is -0.625. The van der Waals surface area contributed by atoms with Gasteiger partial charge in [-0.25, -0.2) is 13.2 Å². The van der Waals surface area contributed by atoms with Crippen LogP contribution in [0.3, 0.4) is 0 Å². The highest BCUT2D eigenvalue weighted by molar-refractivity contribution is 7.91. The second-order valence-electron chi connectivity index (χ2n) is 3.81. The van der Waals surface area contributed by atoms with Gasteiger partial charge in [0.15, 0.2) is 6.61 Å². The number of benzene rings is 1. The number of halogens is 2. The summed E-state index contributed by atoms with van der Waals surface area (Å²) in [5.74, 6) is -1.23. The molecule has 0 spiro atoms. The fourth-order valence-corrected chi connectivity index (χ4v) is 3.48. The van der Waals surface area contributed by atoms with E-state index in [9.17, 15) is 13.2 Å². The Hall–Kier alpha value is -1.70. The summed E-state index contributed by atoms with van der Waals surface area (Å²) >= 11 is 11.8. The van der Waals surface area contributed by atoms with Crippen LogP contribution in [0.5, 0.6) is 5.75 Å². The predicted octanol–water partition coefficient (Wildman–Crippen LogP) is 2.88. The average Bonchev–Trinajstić information content (AvgIpc) is 2.94. The first-order chi connectivity index (χ1) is 9.84. The van der Waals surface area contributed by atoms with Gasteiger partial charge in [0.2, 0.25) is 14.9 Å². The third-order valence-electron chi connectivity index (χ3n) is 2.41. The van der Waals surface area contributed by atoms with Gasteiger partial charge in [0, 0.05) is 0 Å². The number of hydrogen-bond acceptors (Lipinski definition) is 5. The summed E-state index contributed by atoms with van der Waals surface area (Å²) in [4.78, 5) is 10.2. The molecule has 0 bridgehead atoms. The molecule has 0 amide bonds. The molecule has 0 aliphatic heterocycles. The van der Waals surface area contributed by atoms with Gasteiger partial charge >= 0.3 is 5.97 Å². The monoisotopic (exact) mass is 350 g/mol. The molecular weight excluding hydrogens is 343 g/mol. The van der Waals surface area contributed by atoms with E-state index in [0.717, 1.165) is 0 Å². The van der Waals surface area contributed by atoms with Crippen LogP contribution in [-0.2, 0) is 14.6 Å². The smallest absolute Gasteiger partial charge is 0.341 e. The van der Waals surface area contributed by atoms with Crippen LogP contribution in [-0.4, -0.2) is 26.1 Å². The number of aliphatic carboxylic acids is 1. The summed E-state index contributed by atoms with van der Waals surface area (Å²) in [5, 5.41) is 7.80. The van der Waals surface area contributed by atoms with Crippen molar-refractivity contribution < 1.29 is 27.5 Å². The predicted molar refractivity (Wildman–Crippen MR) is 73.8 cm³/mol. The van der Waals surface area contributed by atoms with Gasteiger partial charge in [-0.15, -0.1) is 0 Å². The Labute approximate surface area is 129 Å². The van der Waals surface area contributed by atoms with Crippen molar-refractivity contribution in [2.24, 2.45) is 0 Å². The average molecular weight is 351 g/mol. The first-order valence-electron chi connectivity index (χ1n) is 5.45. The van der Waals surface area contributed by atoms with Gasteiger partial charge in [0.25, 0.3) is 0 Å². The molecule has 2 rings (SSSR count). The number of carbonyl (C=O) groups is 1. The van der Waals surface area contributed by atoms with Crippen molar-refractivity contribution in [2.45, 2.75) is 9.99 Å². The molecule has 0 aliphatic rings. The number of rotatable bonds is 5.